The third-order valence-corrected chi connectivity index (χ3v) is 5.02. The number of rotatable bonds is 6. The van der Waals surface area contributed by atoms with Crippen LogP contribution in [0.25, 0.3) is 22.6 Å². The quantitative estimate of drug-likeness (QED) is 0.663. The fourth-order valence-electron chi connectivity index (χ4n) is 3.58. The minimum absolute atomic E-state index is 0.0861. The first-order chi connectivity index (χ1) is 14.5. The van der Waals surface area contributed by atoms with Crippen molar-refractivity contribution >= 4 is 28.6 Å². The lowest BCUT2D eigenvalue weighted by Crippen LogP contribution is -2.10. The molecule has 0 fully saturated rings. The summed E-state index contributed by atoms with van der Waals surface area (Å²) in [7, 11) is 3.19. The van der Waals surface area contributed by atoms with E-state index in [-0.39, 0.29) is 5.43 Å². The summed E-state index contributed by atoms with van der Waals surface area (Å²) in [4.78, 5) is 23.7. The van der Waals surface area contributed by atoms with Crippen LogP contribution in [-0.2, 0) is 11.2 Å². The zero-order valence-electron chi connectivity index (χ0n) is 16.6. The molecule has 0 spiro atoms. The van der Waals surface area contributed by atoms with Gasteiger partial charge in [0.1, 0.15) is 28.6 Å². The zero-order valence-corrected chi connectivity index (χ0v) is 16.6. The summed E-state index contributed by atoms with van der Waals surface area (Å²) in [5, 5.41) is 9.23. The van der Waals surface area contributed by atoms with Crippen molar-refractivity contribution in [1.29, 1.82) is 0 Å². The van der Waals surface area contributed by atoms with Gasteiger partial charge in [-0.15, -0.1) is 0 Å². The average Bonchev–Trinajstić information content (AvgIpc) is 3.15. The van der Waals surface area contributed by atoms with Crippen LogP contribution in [0.1, 0.15) is 23.3 Å². The first-order valence-corrected chi connectivity index (χ1v) is 9.37. The van der Waals surface area contributed by atoms with Crippen LogP contribution in [-0.4, -0.2) is 31.9 Å². The van der Waals surface area contributed by atoms with Crippen molar-refractivity contribution in [3.05, 3.63) is 63.5 Å². The summed E-state index contributed by atoms with van der Waals surface area (Å²) in [5.74, 6) is 1.16. The van der Waals surface area contributed by atoms with E-state index < -0.39 is 12.6 Å². The summed E-state index contributed by atoms with van der Waals surface area (Å²) in [6.07, 6.45) is 3.18. The van der Waals surface area contributed by atoms with Crippen LogP contribution < -0.4 is 19.6 Å². The number of fused-ring (bicyclic) bond motifs is 2. The predicted molar refractivity (Wildman–Crippen MR) is 111 cm³/mol. The van der Waals surface area contributed by atoms with Gasteiger partial charge in [-0.1, -0.05) is 0 Å². The van der Waals surface area contributed by atoms with Crippen LogP contribution >= 0.6 is 0 Å². The summed E-state index contributed by atoms with van der Waals surface area (Å²) >= 11 is 0. The molecule has 1 heterocycles. The van der Waals surface area contributed by atoms with Crippen molar-refractivity contribution in [3.63, 3.8) is 0 Å². The first-order valence-electron chi connectivity index (χ1n) is 9.37. The average molecular weight is 408 g/mol. The molecule has 0 aliphatic heterocycles. The number of carbonyl (C=O) groups is 1. The summed E-state index contributed by atoms with van der Waals surface area (Å²) < 4.78 is 22.0. The standard InChI is InChI=1S/C23H20O7/c1-27-15-5-8-19(28-2)14(10-15)9-13-3-6-18-22(26)17-7-4-16(29-12-21(24)25)11-20(17)30-23(13)18/h4-5,7-11H,3,6,12H2,1-2H3,(H,24,25). The van der Waals surface area contributed by atoms with Gasteiger partial charge in [-0.3, -0.25) is 4.79 Å². The number of allylic oxidation sites excluding steroid dienone is 1. The Morgan fingerprint density at radius 3 is 2.63 bits per heavy atom. The molecule has 7 nitrogen and oxygen atoms in total. The Balaban J connectivity index is 1.80. The topological polar surface area (TPSA) is 95.2 Å². The summed E-state index contributed by atoms with van der Waals surface area (Å²) in [6, 6.07) is 10.2. The van der Waals surface area contributed by atoms with Gasteiger partial charge in [-0.25, -0.2) is 4.79 Å². The number of aliphatic carboxylic acids is 1. The van der Waals surface area contributed by atoms with Gasteiger partial charge in [0.15, 0.2) is 12.0 Å². The molecule has 1 aliphatic rings. The number of carboxylic acids is 1. The van der Waals surface area contributed by atoms with Crippen LogP contribution in [0.2, 0.25) is 0 Å². The van der Waals surface area contributed by atoms with Gasteiger partial charge in [0.25, 0.3) is 0 Å². The number of carboxylic acid groups (broad SMARTS) is 1. The molecule has 0 amide bonds. The molecule has 0 saturated heterocycles. The second-order valence-electron chi connectivity index (χ2n) is 6.86. The molecule has 3 aromatic rings. The molecular weight excluding hydrogens is 388 g/mol. The lowest BCUT2D eigenvalue weighted by atomic mass is 10.1. The van der Waals surface area contributed by atoms with Gasteiger partial charge < -0.3 is 23.7 Å². The summed E-state index contributed by atoms with van der Waals surface area (Å²) in [6.45, 7) is -0.471. The van der Waals surface area contributed by atoms with Crippen LogP contribution in [0.15, 0.2) is 45.6 Å². The van der Waals surface area contributed by atoms with Crippen molar-refractivity contribution in [1.82, 2.24) is 0 Å². The maximum atomic E-state index is 13.0. The third-order valence-electron chi connectivity index (χ3n) is 5.02. The molecule has 7 heteroatoms. The van der Waals surface area contributed by atoms with E-state index in [0.717, 1.165) is 11.1 Å². The van der Waals surface area contributed by atoms with E-state index >= 15 is 0 Å². The normalized spacial score (nSPS) is 14.0. The minimum atomic E-state index is -1.08. The van der Waals surface area contributed by atoms with Crippen LogP contribution in [0.4, 0.5) is 0 Å². The highest BCUT2D eigenvalue weighted by atomic mass is 16.5. The molecular formula is C23H20O7. The number of hydrogen-bond acceptors (Lipinski definition) is 6. The van der Waals surface area contributed by atoms with Crippen molar-refractivity contribution < 1.29 is 28.5 Å². The molecule has 0 atom stereocenters. The lowest BCUT2D eigenvalue weighted by Gasteiger charge is -2.09. The smallest absolute Gasteiger partial charge is 0.341 e. The fourth-order valence-corrected chi connectivity index (χ4v) is 3.58. The van der Waals surface area contributed by atoms with Gasteiger partial charge in [-0.05, 0) is 54.8 Å². The molecule has 0 bridgehead atoms. The number of ether oxygens (including phenoxy) is 3. The van der Waals surface area contributed by atoms with Crippen LogP contribution in [0, 0.1) is 0 Å². The van der Waals surface area contributed by atoms with E-state index in [0.29, 0.717) is 52.4 Å². The molecule has 4 rings (SSSR count). The van der Waals surface area contributed by atoms with Crippen LogP contribution in [0.3, 0.4) is 0 Å². The maximum Gasteiger partial charge on any atom is 0.341 e. The number of hydrogen-bond donors (Lipinski definition) is 1. The largest absolute Gasteiger partial charge is 0.497 e. The van der Waals surface area contributed by atoms with E-state index in [1.807, 2.05) is 24.3 Å². The van der Waals surface area contributed by atoms with Crippen molar-refractivity contribution in [3.8, 4) is 17.2 Å². The van der Waals surface area contributed by atoms with Crippen LogP contribution in [0.5, 0.6) is 17.2 Å². The van der Waals surface area contributed by atoms with Gasteiger partial charge >= 0.3 is 5.97 Å². The molecule has 1 aliphatic carbocycles. The molecule has 0 saturated carbocycles. The highest BCUT2D eigenvalue weighted by molar-refractivity contribution is 5.88. The highest BCUT2D eigenvalue weighted by Crippen LogP contribution is 2.37. The van der Waals surface area contributed by atoms with E-state index in [9.17, 15) is 9.59 Å². The summed E-state index contributed by atoms with van der Waals surface area (Å²) in [5.41, 5.74) is 2.60. The Labute approximate surface area is 172 Å². The van der Waals surface area contributed by atoms with Crippen molar-refractivity contribution in [2.45, 2.75) is 12.8 Å². The van der Waals surface area contributed by atoms with Crippen molar-refractivity contribution in [2.24, 2.45) is 0 Å². The van der Waals surface area contributed by atoms with Crippen molar-refractivity contribution in [2.75, 3.05) is 20.8 Å². The zero-order chi connectivity index (χ0) is 21.3. The van der Waals surface area contributed by atoms with E-state index in [2.05, 4.69) is 0 Å². The maximum absolute atomic E-state index is 13.0. The fraction of sp³-hybridized carbons (Fsp3) is 0.217. The Morgan fingerprint density at radius 1 is 1.10 bits per heavy atom. The minimum Gasteiger partial charge on any atom is -0.497 e. The number of methoxy groups -OCH3 is 2. The molecule has 1 aromatic heterocycles. The predicted octanol–water partition coefficient (Wildman–Crippen LogP) is 3.76. The first kappa shape index (κ1) is 19.6. The molecule has 0 unspecified atom stereocenters. The third kappa shape index (κ3) is 3.61. The monoisotopic (exact) mass is 408 g/mol. The second-order valence-corrected chi connectivity index (χ2v) is 6.86. The SMILES string of the molecule is COc1ccc(OC)c(C=C2CCc3c2oc2cc(OCC(=O)O)ccc2c3=O)c1. The van der Waals surface area contributed by atoms with E-state index in [1.165, 1.54) is 0 Å². The lowest BCUT2D eigenvalue weighted by molar-refractivity contribution is -0.139. The molecule has 0 radical (unpaired) electrons. The number of benzene rings is 2. The van der Waals surface area contributed by atoms with E-state index in [4.69, 9.17) is 23.7 Å². The Morgan fingerprint density at radius 2 is 1.90 bits per heavy atom. The van der Waals surface area contributed by atoms with Gasteiger partial charge in [0.2, 0.25) is 0 Å². The van der Waals surface area contributed by atoms with Gasteiger partial charge in [0, 0.05) is 17.2 Å². The van der Waals surface area contributed by atoms with Gasteiger partial charge in [0.05, 0.1) is 19.6 Å². The second kappa shape index (κ2) is 7.94. The molecule has 2 aromatic carbocycles. The Hall–Kier alpha value is -3.74. The Bertz CT molecular complexity index is 1220. The van der Waals surface area contributed by atoms with E-state index in [1.54, 1.807) is 32.4 Å². The highest BCUT2D eigenvalue weighted by Gasteiger charge is 2.24. The molecule has 1 N–H and O–H groups in total. The molecule has 154 valence electrons. The molecule has 30 heavy (non-hydrogen) atoms. The van der Waals surface area contributed by atoms with Gasteiger partial charge in [-0.2, -0.15) is 0 Å². The Kier molecular flexibility index (Phi) is 5.18.